The number of nitriles is 1. The van der Waals surface area contributed by atoms with Crippen LogP contribution < -0.4 is 5.32 Å². The summed E-state index contributed by atoms with van der Waals surface area (Å²) in [6.07, 6.45) is 3.48. The van der Waals surface area contributed by atoms with Crippen molar-refractivity contribution in [3.05, 3.63) is 0 Å². The van der Waals surface area contributed by atoms with Crippen molar-refractivity contribution in [3.8, 4) is 6.07 Å². The number of hydrogen-bond acceptors (Lipinski definition) is 3. The number of amides is 1. The first-order valence-electron chi connectivity index (χ1n) is 7.18. The first-order chi connectivity index (χ1) is 9.12. The Morgan fingerprint density at radius 2 is 1.79 bits per heavy atom. The fourth-order valence-corrected chi connectivity index (χ4v) is 0.656. The molecule has 0 aromatic heterocycles. The lowest BCUT2D eigenvalue weighted by molar-refractivity contribution is -0.119. The van der Waals surface area contributed by atoms with Crippen LogP contribution in [0, 0.1) is 17.2 Å². The quantitative estimate of drug-likeness (QED) is 0.740. The molecule has 4 nitrogen and oxygen atoms in total. The molecule has 1 fully saturated rings. The number of aldehydes is 1. The van der Waals surface area contributed by atoms with Gasteiger partial charge in [0.25, 0.3) is 0 Å². The van der Waals surface area contributed by atoms with E-state index in [1.54, 1.807) is 0 Å². The Labute approximate surface area is 119 Å². The zero-order valence-electron chi connectivity index (χ0n) is 13.7. The van der Waals surface area contributed by atoms with Crippen LogP contribution in [-0.4, -0.2) is 18.7 Å². The van der Waals surface area contributed by atoms with Crippen LogP contribution in [0.4, 0.5) is 0 Å². The van der Waals surface area contributed by atoms with Gasteiger partial charge >= 0.3 is 0 Å². The standard InChI is InChI=1S/C5H9N.C4H7NO.C2H4O.2C2H6/c1-3-5(2)4-6;6-4-2-1-3-5-4;1-2-3;2*1-2/h5H,3H2,1-2H3;1-3H2,(H,5,6);2H,1H3;2*1-2H3/t5-;;;;/m1..../s1. The Kier molecular flexibility index (Phi) is 41.5. The molecule has 19 heavy (non-hydrogen) atoms. The zero-order valence-corrected chi connectivity index (χ0v) is 13.7. The van der Waals surface area contributed by atoms with Gasteiger partial charge in [0.2, 0.25) is 5.91 Å². The Morgan fingerprint density at radius 3 is 1.84 bits per heavy atom. The van der Waals surface area contributed by atoms with Crippen molar-refractivity contribution in [3.63, 3.8) is 0 Å². The third kappa shape index (κ3) is 38.4. The molecule has 1 atom stereocenters. The summed E-state index contributed by atoms with van der Waals surface area (Å²) >= 11 is 0. The molecule has 0 saturated carbocycles. The van der Waals surface area contributed by atoms with Crippen LogP contribution in [0.5, 0.6) is 0 Å². The third-order valence-electron chi connectivity index (χ3n) is 1.74. The van der Waals surface area contributed by atoms with Gasteiger partial charge in [0.05, 0.1) is 6.07 Å². The van der Waals surface area contributed by atoms with E-state index in [-0.39, 0.29) is 11.8 Å². The highest BCUT2D eigenvalue weighted by molar-refractivity contribution is 5.77. The van der Waals surface area contributed by atoms with Crippen LogP contribution in [0.2, 0.25) is 0 Å². The molecule has 1 N–H and O–H groups in total. The van der Waals surface area contributed by atoms with E-state index in [1.165, 1.54) is 6.92 Å². The van der Waals surface area contributed by atoms with Crippen molar-refractivity contribution < 1.29 is 9.59 Å². The summed E-state index contributed by atoms with van der Waals surface area (Å²) in [5.41, 5.74) is 0. The van der Waals surface area contributed by atoms with E-state index in [9.17, 15) is 4.79 Å². The van der Waals surface area contributed by atoms with Crippen molar-refractivity contribution >= 4 is 12.2 Å². The summed E-state index contributed by atoms with van der Waals surface area (Å²) in [4.78, 5) is 18.9. The minimum absolute atomic E-state index is 0.204. The van der Waals surface area contributed by atoms with E-state index in [4.69, 9.17) is 10.1 Å². The number of carbonyl (C=O) groups excluding carboxylic acids is 2. The maximum absolute atomic E-state index is 10.1. The van der Waals surface area contributed by atoms with E-state index in [1.807, 2.05) is 41.5 Å². The summed E-state index contributed by atoms with van der Waals surface area (Å²) in [7, 11) is 0. The average molecular weight is 272 g/mol. The second kappa shape index (κ2) is 30.0. The fraction of sp³-hybridized carbons (Fsp3) is 0.800. The molecule has 0 radical (unpaired) electrons. The molecule has 0 bridgehead atoms. The maximum Gasteiger partial charge on any atom is 0.220 e. The van der Waals surface area contributed by atoms with E-state index in [0.29, 0.717) is 0 Å². The van der Waals surface area contributed by atoms with E-state index in [0.717, 1.165) is 32.1 Å². The predicted molar refractivity (Wildman–Crippen MR) is 81.7 cm³/mol. The summed E-state index contributed by atoms with van der Waals surface area (Å²) in [5, 5.41) is 10.8. The normalized spacial score (nSPS) is 12.0. The third-order valence-corrected chi connectivity index (χ3v) is 1.74. The van der Waals surface area contributed by atoms with E-state index >= 15 is 0 Å². The van der Waals surface area contributed by atoms with Gasteiger partial charge in [-0.15, -0.1) is 0 Å². The predicted octanol–water partition coefficient (Wildman–Crippen LogP) is 3.71. The molecule has 114 valence electrons. The van der Waals surface area contributed by atoms with Gasteiger partial charge in [-0.05, 0) is 26.7 Å². The van der Waals surface area contributed by atoms with Gasteiger partial charge in [0.1, 0.15) is 6.29 Å². The molecule has 1 aliphatic rings. The van der Waals surface area contributed by atoms with Crippen molar-refractivity contribution in [2.45, 2.75) is 67.7 Å². The SMILES string of the molecule is CC.CC.CC=O.CC[C@@H](C)C#N.O=C1CCCN1. The molecule has 0 aromatic carbocycles. The van der Waals surface area contributed by atoms with Gasteiger partial charge in [-0.2, -0.15) is 5.26 Å². The lowest BCUT2D eigenvalue weighted by Gasteiger charge is -1.87. The minimum Gasteiger partial charge on any atom is -0.356 e. The van der Waals surface area contributed by atoms with Gasteiger partial charge in [-0.1, -0.05) is 34.6 Å². The van der Waals surface area contributed by atoms with Crippen LogP contribution >= 0.6 is 0 Å². The van der Waals surface area contributed by atoms with Crippen molar-refractivity contribution in [2.24, 2.45) is 5.92 Å². The molecule has 4 heteroatoms. The topological polar surface area (TPSA) is 70.0 Å². The van der Waals surface area contributed by atoms with Crippen molar-refractivity contribution in [2.75, 3.05) is 6.54 Å². The minimum atomic E-state index is 0.204. The summed E-state index contributed by atoms with van der Waals surface area (Å²) < 4.78 is 0. The fourth-order valence-electron chi connectivity index (χ4n) is 0.656. The lowest BCUT2D eigenvalue weighted by Crippen LogP contribution is -2.12. The number of nitrogens with one attached hydrogen (secondary N) is 1. The molecule has 1 rings (SSSR count). The first-order valence-corrected chi connectivity index (χ1v) is 7.18. The average Bonchev–Trinajstić information content (AvgIpc) is 2.95. The molecule has 0 spiro atoms. The van der Waals surface area contributed by atoms with Gasteiger partial charge in [-0.25, -0.2) is 0 Å². The number of nitrogens with zero attached hydrogens (tertiary/aromatic N) is 1. The molecule has 0 aromatic rings. The first kappa shape index (κ1) is 26.2. The Morgan fingerprint density at radius 1 is 1.37 bits per heavy atom. The van der Waals surface area contributed by atoms with Gasteiger partial charge in [0.15, 0.2) is 0 Å². The van der Waals surface area contributed by atoms with E-state index < -0.39 is 0 Å². The molecule has 0 aliphatic carbocycles. The second-order valence-electron chi connectivity index (χ2n) is 3.13. The monoisotopic (exact) mass is 272 g/mol. The summed E-state index contributed by atoms with van der Waals surface area (Å²) in [5.74, 6) is 0.444. The van der Waals surface area contributed by atoms with Crippen LogP contribution in [0.1, 0.15) is 67.7 Å². The molecular formula is C15H32N2O2. The Bertz CT molecular complexity index is 203. The number of hydrogen-bond donors (Lipinski definition) is 1. The lowest BCUT2D eigenvalue weighted by atomic mass is 10.2. The molecule has 1 aliphatic heterocycles. The Hall–Kier alpha value is -1.37. The molecule has 1 amide bonds. The molecule has 1 saturated heterocycles. The van der Waals surface area contributed by atoms with Gasteiger partial charge in [0, 0.05) is 18.9 Å². The van der Waals surface area contributed by atoms with Crippen LogP contribution in [0.3, 0.4) is 0 Å². The molecular weight excluding hydrogens is 240 g/mol. The van der Waals surface area contributed by atoms with Gasteiger partial charge < -0.3 is 10.1 Å². The van der Waals surface area contributed by atoms with Crippen LogP contribution in [0.15, 0.2) is 0 Å². The van der Waals surface area contributed by atoms with E-state index in [2.05, 4.69) is 11.4 Å². The molecule has 1 heterocycles. The highest BCUT2D eigenvalue weighted by Crippen LogP contribution is 1.94. The number of carbonyl (C=O) groups is 2. The van der Waals surface area contributed by atoms with Crippen LogP contribution in [-0.2, 0) is 9.59 Å². The van der Waals surface area contributed by atoms with Crippen molar-refractivity contribution in [1.82, 2.24) is 5.32 Å². The highest BCUT2D eigenvalue weighted by atomic mass is 16.1. The largest absolute Gasteiger partial charge is 0.356 e. The highest BCUT2D eigenvalue weighted by Gasteiger charge is 2.05. The second-order valence-corrected chi connectivity index (χ2v) is 3.13. The molecule has 0 unspecified atom stereocenters. The smallest absolute Gasteiger partial charge is 0.220 e. The summed E-state index contributed by atoms with van der Waals surface area (Å²) in [6.45, 7) is 14.3. The number of rotatable bonds is 1. The van der Waals surface area contributed by atoms with Crippen molar-refractivity contribution in [1.29, 1.82) is 5.26 Å². The zero-order chi connectivity index (χ0) is 16.1. The summed E-state index contributed by atoms with van der Waals surface area (Å²) in [6, 6.07) is 2.11. The van der Waals surface area contributed by atoms with Crippen LogP contribution in [0.25, 0.3) is 0 Å². The Balaban J connectivity index is -0.0000000817. The van der Waals surface area contributed by atoms with Gasteiger partial charge in [-0.3, -0.25) is 4.79 Å². The maximum atomic E-state index is 10.1.